The average Bonchev–Trinajstić information content (AvgIpc) is 3.26. The number of likely N-dealkylation sites (N-methyl/N-ethyl adjacent to an activating group) is 1. The van der Waals surface area contributed by atoms with Crippen LogP contribution in [0, 0.1) is 0 Å². The Balaban J connectivity index is 1.84. The third-order valence-electron chi connectivity index (χ3n) is 5.20. The number of ether oxygens (including phenoxy) is 2. The summed E-state index contributed by atoms with van der Waals surface area (Å²) < 4.78 is 38.6. The number of carbonyl (C=O) groups excluding carboxylic acids is 1. The minimum absolute atomic E-state index is 0.0254. The zero-order chi connectivity index (χ0) is 21.7. The molecule has 0 bridgehead atoms. The van der Waals surface area contributed by atoms with E-state index in [-0.39, 0.29) is 29.2 Å². The minimum atomic E-state index is -3.87. The van der Waals surface area contributed by atoms with Crippen LogP contribution in [0.4, 0.5) is 0 Å². The van der Waals surface area contributed by atoms with Crippen molar-refractivity contribution in [2.24, 2.45) is 0 Å². The molecular weight excluding hydrogens is 404 g/mol. The average molecular weight is 433 g/mol. The lowest BCUT2D eigenvalue weighted by Crippen LogP contribution is -2.34. The van der Waals surface area contributed by atoms with Crippen molar-refractivity contribution in [2.75, 3.05) is 34.4 Å². The summed E-state index contributed by atoms with van der Waals surface area (Å²) in [5, 5.41) is 0. The van der Waals surface area contributed by atoms with E-state index in [1.165, 1.54) is 30.6 Å². The lowest BCUT2D eigenvalue weighted by Gasteiger charge is -2.22. The van der Waals surface area contributed by atoms with Gasteiger partial charge in [0.05, 0.1) is 13.2 Å². The summed E-state index contributed by atoms with van der Waals surface area (Å²) in [4.78, 5) is 14.4. The number of methoxy groups -OCH3 is 1. The van der Waals surface area contributed by atoms with Gasteiger partial charge in [0.15, 0.2) is 0 Å². The third kappa shape index (κ3) is 5.00. The second-order valence-electron chi connectivity index (χ2n) is 7.43. The summed E-state index contributed by atoms with van der Waals surface area (Å²) in [5.74, 6) is -0.0523. The number of carbonyl (C=O) groups is 1. The number of rotatable bonds is 8. The van der Waals surface area contributed by atoms with E-state index in [0.717, 1.165) is 18.4 Å². The fraction of sp³-hybridized carbons (Fsp3) is 0.409. The molecule has 0 N–H and O–H groups in total. The van der Waals surface area contributed by atoms with Crippen LogP contribution in [0.25, 0.3) is 0 Å². The van der Waals surface area contributed by atoms with Gasteiger partial charge in [-0.05, 0) is 36.6 Å². The van der Waals surface area contributed by atoms with Crippen molar-refractivity contribution in [1.29, 1.82) is 0 Å². The van der Waals surface area contributed by atoms with E-state index in [1.54, 1.807) is 18.0 Å². The lowest BCUT2D eigenvalue weighted by molar-refractivity contribution is 0.0587. The summed E-state index contributed by atoms with van der Waals surface area (Å²) in [5.41, 5.74) is 1.16. The van der Waals surface area contributed by atoms with Gasteiger partial charge in [0.2, 0.25) is 10.0 Å². The van der Waals surface area contributed by atoms with Crippen molar-refractivity contribution in [3.63, 3.8) is 0 Å². The van der Waals surface area contributed by atoms with Crippen LogP contribution < -0.4 is 4.74 Å². The molecule has 1 aliphatic heterocycles. The van der Waals surface area contributed by atoms with Crippen molar-refractivity contribution >= 4 is 15.9 Å². The van der Waals surface area contributed by atoms with Gasteiger partial charge in [-0.1, -0.05) is 30.3 Å². The minimum Gasteiger partial charge on any atom is -0.495 e. The van der Waals surface area contributed by atoms with E-state index in [4.69, 9.17) is 9.47 Å². The van der Waals surface area contributed by atoms with Crippen LogP contribution in [0.5, 0.6) is 5.75 Å². The molecule has 1 atom stereocenters. The summed E-state index contributed by atoms with van der Waals surface area (Å²) in [7, 11) is 0.754. The molecule has 1 fully saturated rings. The monoisotopic (exact) mass is 432 g/mol. The van der Waals surface area contributed by atoms with Gasteiger partial charge in [-0.15, -0.1) is 0 Å². The Kier molecular flexibility index (Phi) is 7.12. The molecule has 162 valence electrons. The Labute approximate surface area is 178 Å². The highest BCUT2D eigenvalue weighted by Gasteiger charge is 2.27. The fourth-order valence-electron chi connectivity index (χ4n) is 3.50. The van der Waals surface area contributed by atoms with Gasteiger partial charge in [-0.25, -0.2) is 8.42 Å². The van der Waals surface area contributed by atoms with E-state index in [2.05, 4.69) is 0 Å². The van der Waals surface area contributed by atoms with Crippen LogP contribution >= 0.6 is 0 Å². The molecule has 0 radical (unpaired) electrons. The third-order valence-corrected chi connectivity index (χ3v) is 7.02. The Hall–Kier alpha value is -2.42. The highest BCUT2D eigenvalue weighted by molar-refractivity contribution is 7.89. The quantitative estimate of drug-likeness (QED) is 0.641. The molecule has 1 amide bonds. The molecular formula is C22H28N2O5S. The zero-order valence-electron chi connectivity index (χ0n) is 17.6. The highest BCUT2D eigenvalue weighted by Crippen LogP contribution is 2.29. The molecule has 1 saturated heterocycles. The first kappa shape index (κ1) is 22.3. The molecule has 8 heteroatoms. The first-order chi connectivity index (χ1) is 14.3. The molecule has 3 rings (SSSR count). The molecule has 1 heterocycles. The van der Waals surface area contributed by atoms with E-state index in [0.29, 0.717) is 18.7 Å². The molecule has 7 nitrogen and oxygen atoms in total. The Morgan fingerprint density at radius 3 is 2.53 bits per heavy atom. The van der Waals surface area contributed by atoms with Gasteiger partial charge in [0, 0.05) is 39.4 Å². The van der Waals surface area contributed by atoms with Gasteiger partial charge in [-0.3, -0.25) is 4.79 Å². The number of hydrogen-bond donors (Lipinski definition) is 0. The zero-order valence-corrected chi connectivity index (χ0v) is 18.4. The van der Waals surface area contributed by atoms with Crippen LogP contribution in [0.2, 0.25) is 0 Å². The standard InChI is InChI=1S/C22H28N2O5S/c1-23(16-19-10-7-13-29-19)22(25)18-11-12-20(28-3)21(14-18)30(26,27)24(2)15-17-8-5-4-6-9-17/h4-6,8-9,11-12,14,19H,7,10,13,15-16H2,1-3H3. The largest absolute Gasteiger partial charge is 0.495 e. The van der Waals surface area contributed by atoms with Crippen LogP contribution in [-0.2, 0) is 21.3 Å². The number of benzene rings is 2. The molecule has 1 aliphatic rings. The molecule has 2 aromatic carbocycles. The van der Waals surface area contributed by atoms with Crippen molar-refractivity contribution < 1.29 is 22.7 Å². The maximum Gasteiger partial charge on any atom is 0.253 e. The van der Waals surface area contributed by atoms with Crippen molar-refractivity contribution in [1.82, 2.24) is 9.21 Å². The molecule has 30 heavy (non-hydrogen) atoms. The summed E-state index contributed by atoms with van der Waals surface area (Å²) in [6.45, 7) is 1.40. The molecule has 1 unspecified atom stereocenters. The first-order valence-corrected chi connectivity index (χ1v) is 11.3. The predicted octanol–water partition coefficient (Wildman–Crippen LogP) is 2.77. The normalized spacial score (nSPS) is 16.6. The maximum absolute atomic E-state index is 13.2. The van der Waals surface area contributed by atoms with Crippen LogP contribution in [0.3, 0.4) is 0 Å². The van der Waals surface area contributed by atoms with E-state index in [9.17, 15) is 13.2 Å². The molecule has 0 aromatic heterocycles. The van der Waals surface area contributed by atoms with Crippen molar-refractivity contribution in [2.45, 2.75) is 30.4 Å². The van der Waals surface area contributed by atoms with Gasteiger partial charge < -0.3 is 14.4 Å². The predicted molar refractivity (Wildman–Crippen MR) is 114 cm³/mol. The maximum atomic E-state index is 13.2. The summed E-state index contributed by atoms with van der Waals surface area (Å²) in [6, 6.07) is 13.8. The lowest BCUT2D eigenvalue weighted by atomic mass is 10.1. The van der Waals surface area contributed by atoms with Crippen molar-refractivity contribution in [3.05, 3.63) is 59.7 Å². The number of sulfonamides is 1. The molecule has 0 spiro atoms. The van der Waals surface area contributed by atoms with Gasteiger partial charge in [0.1, 0.15) is 10.6 Å². The van der Waals surface area contributed by atoms with Gasteiger partial charge in [0.25, 0.3) is 5.91 Å². The second kappa shape index (κ2) is 9.59. The van der Waals surface area contributed by atoms with E-state index < -0.39 is 10.0 Å². The van der Waals surface area contributed by atoms with Gasteiger partial charge in [-0.2, -0.15) is 4.31 Å². The smallest absolute Gasteiger partial charge is 0.253 e. The first-order valence-electron chi connectivity index (χ1n) is 9.88. The van der Waals surface area contributed by atoms with E-state index >= 15 is 0 Å². The van der Waals surface area contributed by atoms with Crippen LogP contribution in [0.1, 0.15) is 28.8 Å². The number of amides is 1. The molecule has 0 aliphatic carbocycles. The Bertz CT molecular complexity index is 972. The SMILES string of the molecule is COc1ccc(C(=O)N(C)CC2CCCO2)cc1S(=O)(=O)N(C)Cc1ccccc1. The van der Waals surface area contributed by atoms with E-state index in [1.807, 2.05) is 30.3 Å². The van der Waals surface area contributed by atoms with Crippen molar-refractivity contribution in [3.8, 4) is 5.75 Å². The van der Waals surface area contributed by atoms with Crippen LogP contribution in [0.15, 0.2) is 53.4 Å². The topological polar surface area (TPSA) is 76.1 Å². The highest BCUT2D eigenvalue weighted by atomic mass is 32.2. The fourth-order valence-corrected chi connectivity index (χ4v) is 4.84. The molecule has 2 aromatic rings. The van der Waals surface area contributed by atoms with Crippen LogP contribution in [-0.4, -0.2) is 64.0 Å². The number of nitrogens with zero attached hydrogens (tertiary/aromatic N) is 2. The molecule has 0 saturated carbocycles. The summed E-state index contributed by atoms with van der Waals surface area (Å²) >= 11 is 0. The summed E-state index contributed by atoms with van der Waals surface area (Å²) in [6.07, 6.45) is 1.94. The second-order valence-corrected chi connectivity index (χ2v) is 9.45. The Morgan fingerprint density at radius 1 is 1.17 bits per heavy atom. The number of hydrogen-bond acceptors (Lipinski definition) is 5. The Morgan fingerprint density at radius 2 is 1.90 bits per heavy atom. The van der Waals surface area contributed by atoms with Gasteiger partial charge >= 0.3 is 0 Å².